The van der Waals surface area contributed by atoms with E-state index >= 15 is 0 Å². The molecule has 92 valence electrons. The second-order valence-electron chi connectivity index (χ2n) is 4.78. The number of aliphatic hydroxyl groups is 1. The number of hydrogen-bond acceptors (Lipinski definition) is 3. The van der Waals surface area contributed by atoms with E-state index < -0.39 is 0 Å². The van der Waals surface area contributed by atoms with E-state index in [0.29, 0.717) is 12.6 Å². The molecule has 0 aliphatic heterocycles. The zero-order valence-corrected chi connectivity index (χ0v) is 10.6. The molecule has 0 bridgehead atoms. The molecule has 2 atom stereocenters. The van der Waals surface area contributed by atoms with Crippen molar-refractivity contribution < 1.29 is 5.11 Å². The van der Waals surface area contributed by atoms with Gasteiger partial charge < -0.3 is 16.2 Å². The summed E-state index contributed by atoms with van der Waals surface area (Å²) in [5.74, 6) is 0. The fourth-order valence-corrected chi connectivity index (χ4v) is 1.86. The van der Waals surface area contributed by atoms with Crippen molar-refractivity contribution in [1.29, 1.82) is 0 Å². The van der Waals surface area contributed by atoms with Crippen molar-refractivity contribution in [2.45, 2.75) is 64.5 Å². The van der Waals surface area contributed by atoms with Crippen molar-refractivity contribution in [3.05, 3.63) is 0 Å². The third-order valence-corrected chi connectivity index (χ3v) is 2.94. The second kappa shape index (κ2) is 8.08. The Balaban J connectivity index is 3.94. The number of rotatable bonds is 9. The van der Waals surface area contributed by atoms with Gasteiger partial charge in [-0.05, 0) is 26.7 Å². The van der Waals surface area contributed by atoms with E-state index in [1.54, 1.807) is 0 Å². The van der Waals surface area contributed by atoms with Crippen LogP contribution in [0.5, 0.6) is 0 Å². The molecule has 0 saturated carbocycles. The van der Waals surface area contributed by atoms with Crippen LogP contribution in [0.25, 0.3) is 0 Å². The van der Waals surface area contributed by atoms with E-state index in [-0.39, 0.29) is 12.1 Å². The number of unbranched alkanes of at least 4 members (excludes halogenated alkanes) is 2. The molecule has 0 spiro atoms. The molecule has 0 aliphatic carbocycles. The largest absolute Gasteiger partial charge is 0.396 e. The molecule has 3 heteroatoms. The lowest BCUT2D eigenvalue weighted by atomic mass is 9.93. The highest BCUT2D eigenvalue weighted by Crippen LogP contribution is 2.15. The Morgan fingerprint density at radius 2 is 2.07 bits per heavy atom. The average Bonchev–Trinajstić information content (AvgIpc) is 2.18. The summed E-state index contributed by atoms with van der Waals surface area (Å²) in [6, 6.07) is 0.338. The van der Waals surface area contributed by atoms with Gasteiger partial charge in [0.1, 0.15) is 0 Å². The predicted molar refractivity (Wildman–Crippen MR) is 65.9 cm³/mol. The number of aliphatic hydroxyl groups excluding tert-OH is 1. The molecule has 3 nitrogen and oxygen atoms in total. The van der Waals surface area contributed by atoms with Crippen LogP contribution in [-0.2, 0) is 0 Å². The molecule has 0 aromatic rings. The number of hydrogen-bond donors (Lipinski definition) is 3. The van der Waals surface area contributed by atoms with Crippen LogP contribution in [-0.4, -0.2) is 29.8 Å². The summed E-state index contributed by atoms with van der Waals surface area (Å²) in [6.45, 7) is 7.39. The molecule has 15 heavy (non-hydrogen) atoms. The number of nitrogens with one attached hydrogen (secondary N) is 1. The maximum absolute atomic E-state index is 8.85. The molecule has 0 heterocycles. The van der Waals surface area contributed by atoms with Crippen molar-refractivity contribution >= 4 is 0 Å². The molecular weight excluding hydrogens is 188 g/mol. The van der Waals surface area contributed by atoms with Crippen LogP contribution < -0.4 is 11.1 Å². The zero-order valence-electron chi connectivity index (χ0n) is 10.6. The Morgan fingerprint density at radius 3 is 2.53 bits per heavy atom. The Labute approximate surface area is 94.4 Å². The fraction of sp³-hybridized carbons (Fsp3) is 1.00. The SMILES string of the molecule is CCCCCC(C)(CN)NC(C)CCO. The summed E-state index contributed by atoms with van der Waals surface area (Å²) in [6.07, 6.45) is 5.65. The highest BCUT2D eigenvalue weighted by atomic mass is 16.3. The topological polar surface area (TPSA) is 58.3 Å². The van der Waals surface area contributed by atoms with Gasteiger partial charge in [-0.3, -0.25) is 0 Å². The Bertz CT molecular complexity index is 153. The quantitative estimate of drug-likeness (QED) is 0.514. The van der Waals surface area contributed by atoms with Gasteiger partial charge in [-0.15, -0.1) is 0 Å². The van der Waals surface area contributed by atoms with Gasteiger partial charge in [0.05, 0.1) is 0 Å². The van der Waals surface area contributed by atoms with E-state index in [9.17, 15) is 0 Å². The minimum Gasteiger partial charge on any atom is -0.396 e. The monoisotopic (exact) mass is 216 g/mol. The van der Waals surface area contributed by atoms with E-state index in [4.69, 9.17) is 10.8 Å². The molecular formula is C12H28N2O. The Kier molecular flexibility index (Phi) is 8.02. The molecule has 0 aromatic heterocycles. The van der Waals surface area contributed by atoms with Crippen LogP contribution in [0.15, 0.2) is 0 Å². The van der Waals surface area contributed by atoms with Gasteiger partial charge in [0.2, 0.25) is 0 Å². The first-order valence-corrected chi connectivity index (χ1v) is 6.16. The van der Waals surface area contributed by atoms with Crippen LogP contribution >= 0.6 is 0 Å². The molecule has 0 aliphatic rings. The maximum Gasteiger partial charge on any atom is 0.0445 e. The highest BCUT2D eigenvalue weighted by Gasteiger charge is 2.23. The zero-order chi connectivity index (χ0) is 11.7. The number of nitrogens with two attached hydrogens (primary N) is 1. The lowest BCUT2D eigenvalue weighted by Gasteiger charge is -2.33. The van der Waals surface area contributed by atoms with Crippen LogP contribution in [0.1, 0.15) is 52.9 Å². The average molecular weight is 216 g/mol. The third kappa shape index (κ3) is 6.88. The van der Waals surface area contributed by atoms with Gasteiger partial charge >= 0.3 is 0 Å². The van der Waals surface area contributed by atoms with Gasteiger partial charge in [-0.1, -0.05) is 26.2 Å². The molecule has 0 aromatic carbocycles. The van der Waals surface area contributed by atoms with Crippen LogP contribution in [0, 0.1) is 0 Å². The van der Waals surface area contributed by atoms with Crippen molar-refractivity contribution in [2.24, 2.45) is 5.73 Å². The molecule has 4 N–H and O–H groups in total. The van der Waals surface area contributed by atoms with Gasteiger partial charge in [-0.25, -0.2) is 0 Å². The van der Waals surface area contributed by atoms with E-state index in [1.807, 2.05) is 0 Å². The van der Waals surface area contributed by atoms with Crippen molar-refractivity contribution in [1.82, 2.24) is 5.32 Å². The predicted octanol–water partition coefficient (Wildman–Crippen LogP) is 1.64. The van der Waals surface area contributed by atoms with Crippen LogP contribution in [0.4, 0.5) is 0 Å². The molecule has 0 saturated heterocycles. The first-order valence-electron chi connectivity index (χ1n) is 6.16. The standard InChI is InChI=1S/C12H28N2O/c1-4-5-6-8-12(3,10-13)14-11(2)7-9-15/h11,14-15H,4-10,13H2,1-3H3. The second-order valence-corrected chi connectivity index (χ2v) is 4.78. The van der Waals surface area contributed by atoms with Crippen molar-refractivity contribution in [2.75, 3.05) is 13.2 Å². The Hall–Kier alpha value is -0.120. The van der Waals surface area contributed by atoms with Gasteiger partial charge in [0.15, 0.2) is 0 Å². The molecule has 0 fully saturated rings. The first kappa shape index (κ1) is 14.9. The summed E-state index contributed by atoms with van der Waals surface area (Å²) in [5, 5.41) is 12.4. The smallest absolute Gasteiger partial charge is 0.0445 e. The molecule has 2 unspecified atom stereocenters. The summed E-state index contributed by atoms with van der Waals surface area (Å²) in [4.78, 5) is 0. The minimum atomic E-state index is 0.0315. The summed E-state index contributed by atoms with van der Waals surface area (Å²) in [7, 11) is 0. The normalized spacial score (nSPS) is 17.4. The summed E-state index contributed by atoms with van der Waals surface area (Å²) in [5.41, 5.74) is 5.84. The first-order chi connectivity index (χ1) is 7.08. The van der Waals surface area contributed by atoms with Gasteiger partial charge in [0.25, 0.3) is 0 Å². The van der Waals surface area contributed by atoms with Crippen LogP contribution in [0.2, 0.25) is 0 Å². The molecule has 0 amide bonds. The summed E-state index contributed by atoms with van der Waals surface area (Å²) >= 11 is 0. The Morgan fingerprint density at radius 1 is 1.40 bits per heavy atom. The lowest BCUT2D eigenvalue weighted by Crippen LogP contribution is -2.52. The lowest BCUT2D eigenvalue weighted by molar-refractivity contribution is 0.235. The van der Waals surface area contributed by atoms with E-state index in [0.717, 1.165) is 12.8 Å². The van der Waals surface area contributed by atoms with Crippen molar-refractivity contribution in [3.8, 4) is 0 Å². The van der Waals surface area contributed by atoms with E-state index in [1.165, 1.54) is 19.3 Å². The molecule has 0 rings (SSSR count). The van der Waals surface area contributed by atoms with Gasteiger partial charge in [-0.2, -0.15) is 0 Å². The van der Waals surface area contributed by atoms with E-state index in [2.05, 4.69) is 26.1 Å². The molecule has 0 radical (unpaired) electrons. The third-order valence-electron chi connectivity index (χ3n) is 2.94. The van der Waals surface area contributed by atoms with Crippen molar-refractivity contribution in [3.63, 3.8) is 0 Å². The minimum absolute atomic E-state index is 0.0315. The summed E-state index contributed by atoms with van der Waals surface area (Å²) < 4.78 is 0. The van der Waals surface area contributed by atoms with Crippen LogP contribution in [0.3, 0.4) is 0 Å². The fourth-order valence-electron chi connectivity index (χ4n) is 1.86. The maximum atomic E-state index is 8.85. The van der Waals surface area contributed by atoms with Gasteiger partial charge in [0, 0.05) is 24.7 Å². The highest BCUT2D eigenvalue weighted by molar-refractivity contribution is 4.86.